The van der Waals surface area contributed by atoms with Gasteiger partial charge in [0.1, 0.15) is 0 Å². The number of carbonyl (C=O) groups excluding carboxylic acids is 2. The van der Waals surface area contributed by atoms with Crippen molar-refractivity contribution in [2.45, 2.75) is 44.9 Å². The molecule has 112 valence electrons. The van der Waals surface area contributed by atoms with Crippen LogP contribution in [0.1, 0.15) is 44.9 Å². The number of nitrogens with zero attached hydrogens (tertiary/aromatic N) is 1. The average Bonchev–Trinajstić information content (AvgIpc) is 2.42. The molecule has 0 aliphatic heterocycles. The minimum atomic E-state index is -0.241. The molecule has 4 fully saturated rings. The Hall–Kier alpha value is -1.06. The second-order valence-electron chi connectivity index (χ2n) is 7.25. The van der Waals surface area contributed by atoms with Crippen molar-refractivity contribution >= 4 is 11.9 Å². The molecule has 0 unspecified atom stereocenters. The molecule has 0 aromatic rings. The van der Waals surface area contributed by atoms with E-state index >= 15 is 0 Å². The summed E-state index contributed by atoms with van der Waals surface area (Å²) in [4.78, 5) is 25.9. The first kappa shape index (κ1) is 13.9. The van der Waals surface area contributed by atoms with Gasteiger partial charge in [-0.25, -0.2) is 0 Å². The van der Waals surface area contributed by atoms with Crippen molar-refractivity contribution in [3.63, 3.8) is 0 Å². The van der Waals surface area contributed by atoms with Crippen molar-refractivity contribution in [1.82, 2.24) is 4.90 Å². The largest absolute Gasteiger partial charge is 0.469 e. The number of methoxy groups -OCH3 is 1. The predicted octanol–water partition coefficient (Wildman–Crippen LogP) is 2.22. The van der Waals surface area contributed by atoms with E-state index in [4.69, 9.17) is 0 Å². The van der Waals surface area contributed by atoms with Gasteiger partial charge >= 0.3 is 5.97 Å². The first-order chi connectivity index (χ1) is 9.52. The molecular formula is C16H25NO3. The van der Waals surface area contributed by atoms with Crippen molar-refractivity contribution in [2.75, 3.05) is 20.7 Å². The number of carbonyl (C=O) groups is 2. The zero-order chi connectivity index (χ0) is 14.3. The van der Waals surface area contributed by atoms with E-state index < -0.39 is 0 Å². The maximum absolute atomic E-state index is 12.9. The normalized spacial score (nSPS) is 37.8. The molecule has 4 rings (SSSR count). The molecule has 1 amide bonds. The van der Waals surface area contributed by atoms with Gasteiger partial charge in [-0.3, -0.25) is 9.59 Å². The highest BCUT2D eigenvalue weighted by atomic mass is 16.5. The fourth-order valence-electron chi connectivity index (χ4n) is 5.24. The number of esters is 1. The highest BCUT2D eigenvalue weighted by Gasteiger charge is 2.55. The molecule has 0 N–H and O–H groups in total. The first-order valence-corrected chi connectivity index (χ1v) is 7.85. The van der Waals surface area contributed by atoms with Gasteiger partial charge in [-0.1, -0.05) is 0 Å². The van der Waals surface area contributed by atoms with Crippen molar-refractivity contribution < 1.29 is 14.3 Å². The molecule has 0 atom stereocenters. The van der Waals surface area contributed by atoms with Gasteiger partial charge in [0.25, 0.3) is 0 Å². The molecule has 0 aromatic carbocycles. The molecule has 0 heterocycles. The van der Waals surface area contributed by atoms with Crippen LogP contribution in [0.2, 0.25) is 0 Å². The molecule has 20 heavy (non-hydrogen) atoms. The summed E-state index contributed by atoms with van der Waals surface area (Å²) in [7, 11) is 3.23. The van der Waals surface area contributed by atoms with Crippen LogP contribution in [0.25, 0.3) is 0 Å². The monoisotopic (exact) mass is 279 g/mol. The van der Waals surface area contributed by atoms with E-state index in [0.717, 1.165) is 37.0 Å². The fourth-order valence-corrected chi connectivity index (χ4v) is 5.24. The summed E-state index contributed by atoms with van der Waals surface area (Å²) in [6, 6.07) is 0. The molecule has 4 nitrogen and oxygen atoms in total. The lowest BCUT2D eigenvalue weighted by molar-refractivity contribution is -0.157. The molecule has 4 saturated carbocycles. The summed E-state index contributed by atoms with van der Waals surface area (Å²) < 4.78 is 4.65. The van der Waals surface area contributed by atoms with Gasteiger partial charge < -0.3 is 9.64 Å². The lowest BCUT2D eigenvalue weighted by Gasteiger charge is -2.56. The average molecular weight is 279 g/mol. The van der Waals surface area contributed by atoms with Crippen LogP contribution in [0.5, 0.6) is 0 Å². The minimum Gasteiger partial charge on any atom is -0.469 e. The van der Waals surface area contributed by atoms with Crippen LogP contribution in [0, 0.1) is 23.2 Å². The molecule has 4 heteroatoms. The van der Waals surface area contributed by atoms with Crippen LogP contribution in [0.4, 0.5) is 0 Å². The standard InChI is InChI=1S/C16H25NO3/c1-17(4-3-14(18)20-2)15(19)16-8-11-5-12(9-16)7-13(6-11)10-16/h11-13H,3-10H2,1-2H3. The topological polar surface area (TPSA) is 46.6 Å². The summed E-state index contributed by atoms with van der Waals surface area (Å²) in [6.45, 7) is 0.479. The Kier molecular flexibility index (Phi) is 3.51. The lowest BCUT2D eigenvalue weighted by Crippen LogP contribution is -2.54. The molecule has 4 aliphatic rings. The fraction of sp³-hybridized carbons (Fsp3) is 0.875. The van der Waals surface area contributed by atoms with E-state index in [1.807, 2.05) is 7.05 Å². The third-order valence-corrected chi connectivity index (χ3v) is 5.72. The van der Waals surface area contributed by atoms with Crippen molar-refractivity contribution in [3.8, 4) is 0 Å². The van der Waals surface area contributed by atoms with Crippen LogP contribution in [-0.4, -0.2) is 37.5 Å². The number of rotatable bonds is 4. The van der Waals surface area contributed by atoms with Gasteiger partial charge in [0.2, 0.25) is 5.91 Å². The highest BCUT2D eigenvalue weighted by molar-refractivity contribution is 5.83. The molecule has 4 bridgehead atoms. The summed E-state index contributed by atoms with van der Waals surface area (Å²) in [6.07, 6.45) is 7.58. The van der Waals surface area contributed by atoms with E-state index in [1.54, 1.807) is 4.90 Å². The van der Waals surface area contributed by atoms with Crippen LogP contribution in [0.3, 0.4) is 0 Å². The van der Waals surface area contributed by atoms with Gasteiger partial charge in [-0.2, -0.15) is 0 Å². The lowest BCUT2D eigenvalue weighted by atomic mass is 9.49. The summed E-state index contributed by atoms with van der Waals surface area (Å²) in [5.74, 6) is 2.37. The maximum Gasteiger partial charge on any atom is 0.307 e. The van der Waals surface area contributed by atoms with Crippen LogP contribution < -0.4 is 0 Å². The zero-order valence-electron chi connectivity index (χ0n) is 12.6. The number of hydrogen-bond acceptors (Lipinski definition) is 3. The second-order valence-corrected chi connectivity index (χ2v) is 7.25. The van der Waals surface area contributed by atoms with E-state index in [2.05, 4.69) is 4.74 Å². The number of amides is 1. The summed E-state index contributed by atoms with van der Waals surface area (Å²) in [5, 5.41) is 0. The van der Waals surface area contributed by atoms with E-state index in [9.17, 15) is 9.59 Å². The van der Waals surface area contributed by atoms with E-state index in [0.29, 0.717) is 13.0 Å². The van der Waals surface area contributed by atoms with Crippen LogP contribution in [0.15, 0.2) is 0 Å². The zero-order valence-corrected chi connectivity index (χ0v) is 12.6. The molecular weight excluding hydrogens is 254 g/mol. The Labute approximate surface area is 120 Å². The van der Waals surface area contributed by atoms with Gasteiger partial charge in [0.05, 0.1) is 18.9 Å². The van der Waals surface area contributed by atoms with Crippen molar-refractivity contribution in [2.24, 2.45) is 23.2 Å². The van der Waals surface area contributed by atoms with E-state index in [-0.39, 0.29) is 17.3 Å². The predicted molar refractivity (Wildman–Crippen MR) is 74.9 cm³/mol. The second kappa shape index (κ2) is 5.05. The third kappa shape index (κ3) is 2.33. The SMILES string of the molecule is COC(=O)CCN(C)C(=O)C12CC3CC(CC(C3)C1)C2. The molecule has 0 spiro atoms. The molecule has 0 radical (unpaired) electrons. The van der Waals surface area contributed by atoms with E-state index in [1.165, 1.54) is 26.4 Å². The Balaban J connectivity index is 1.65. The number of ether oxygens (including phenoxy) is 1. The quantitative estimate of drug-likeness (QED) is 0.741. The third-order valence-electron chi connectivity index (χ3n) is 5.72. The van der Waals surface area contributed by atoms with Crippen molar-refractivity contribution in [1.29, 1.82) is 0 Å². The minimum absolute atomic E-state index is 0.0976. The Morgan fingerprint density at radius 1 is 1.10 bits per heavy atom. The Bertz CT molecular complexity index is 383. The highest BCUT2D eigenvalue weighted by Crippen LogP contribution is 2.60. The van der Waals surface area contributed by atoms with Gasteiger partial charge in [0.15, 0.2) is 0 Å². The molecule has 4 aliphatic carbocycles. The summed E-state index contributed by atoms with van der Waals surface area (Å²) in [5.41, 5.74) is -0.0976. The Morgan fingerprint density at radius 3 is 2.05 bits per heavy atom. The Morgan fingerprint density at radius 2 is 1.60 bits per heavy atom. The van der Waals surface area contributed by atoms with Crippen molar-refractivity contribution in [3.05, 3.63) is 0 Å². The maximum atomic E-state index is 12.9. The van der Waals surface area contributed by atoms with Gasteiger partial charge in [0, 0.05) is 13.6 Å². The first-order valence-electron chi connectivity index (χ1n) is 7.85. The number of hydrogen-bond donors (Lipinski definition) is 0. The van der Waals surface area contributed by atoms with Gasteiger partial charge in [-0.05, 0) is 56.3 Å². The summed E-state index contributed by atoms with van der Waals surface area (Å²) >= 11 is 0. The van der Waals surface area contributed by atoms with Crippen LogP contribution in [-0.2, 0) is 14.3 Å². The van der Waals surface area contributed by atoms with Crippen LogP contribution >= 0.6 is 0 Å². The smallest absolute Gasteiger partial charge is 0.307 e. The molecule has 0 saturated heterocycles. The van der Waals surface area contributed by atoms with Gasteiger partial charge in [-0.15, -0.1) is 0 Å². The molecule has 0 aromatic heterocycles.